The van der Waals surface area contributed by atoms with Gasteiger partial charge in [0.2, 0.25) is 0 Å². The van der Waals surface area contributed by atoms with Crippen molar-refractivity contribution in [2.45, 2.75) is 6.18 Å². The molecule has 0 fully saturated rings. The van der Waals surface area contributed by atoms with Crippen LogP contribution in [0.4, 0.5) is 23.7 Å². The van der Waals surface area contributed by atoms with Gasteiger partial charge in [-0.25, -0.2) is 10.6 Å². The molecule has 16 heavy (non-hydrogen) atoms. The molecule has 2 amide bonds. The van der Waals surface area contributed by atoms with Gasteiger partial charge in [-0.3, -0.25) is 5.43 Å². The van der Waals surface area contributed by atoms with Gasteiger partial charge in [0.15, 0.2) is 0 Å². The van der Waals surface area contributed by atoms with Crippen LogP contribution in [0.2, 0.25) is 5.02 Å². The quantitative estimate of drug-likeness (QED) is 0.409. The Labute approximate surface area is 93.5 Å². The molecule has 88 valence electrons. The number of benzene rings is 1. The normalized spacial score (nSPS) is 11.1. The van der Waals surface area contributed by atoms with E-state index in [0.29, 0.717) is 0 Å². The third-order valence-corrected chi connectivity index (χ3v) is 2.00. The minimum absolute atomic E-state index is 0.0170. The smallest absolute Gasteiger partial charge is 0.305 e. The van der Waals surface area contributed by atoms with E-state index in [0.717, 1.165) is 18.2 Å². The van der Waals surface area contributed by atoms with Crippen LogP contribution in [0.3, 0.4) is 0 Å². The number of halogens is 4. The molecule has 0 unspecified atom stereocenters. The SMILES string of the molecule is NNC(=O)Nc1cc(C(F)(F)F)ccc1Cl. The molecule has 0 aliphatic rings. The van der Waals surface area contributed by atoms with Crippen LogP contribution in [-0.2, 0) is 6.18 Å². The maximum absolute atomic E-state index is 12.3. The first-order valence-corrected chi connectivity index (χ1v) is 4.36. The van der Waals surface area contributed by atoms with Crippen molar-refractivity contribution in [3.63, 3.8) is 0 Å². The van der Waals surface area contributed by atoms with Crippen molar-refractivity contribution in [1.29, 1.82) is 0 Å². The molecule has 4 nitrogen and oxygen atoms in total. The molecule has 0 saturated heterocycles. The fourth-order valence-corrected chi connectivity index (χ4v) is 1.12. The molecular formula is C8H7ClF3N3O. The Balaban J connectivity index is 3.04. The number of alkyl halides is 3. The van der Waals surface area contributed by atoms with E-state index < -0.39 is 17.8 Å². The van der Waals surface area contributed by atoms with Crippen LogP contribution in [0, 0.1) is 0 Å². The van der Waals surface area contributed by atoms with Gasteiger partial charge in [-0.2, -0.15) is 13.2 Å². The molecule has 0 atom stereocenters. The first-order valence-electron chi connectivity index (χ1n) is 3.99. The van der Waals surface area contributed by atoms with Crippen LogP contribution in [0.5, 0.6) is 0 Å². The van der Waals surface area contributed by atoms with Gasteiger partial charge in [0.05, 0.1) is 16.3 Å². The zero-order valence-electron chi connectivity index (χ0n) is 7.73. The molecule has 0 saturated carbocycles. The average Bonchev–Trinajstić information content (AvgIpc) is 2.19. The number of hydrazine groups is 1. The lowest BCUT2D eigenvalue weighted by atomic mass is 10.2. The van der Waals surface area contributed by atoms with Crippen LogP contribution in [0.15, 0.2) is 18.2 Å². The Morgan fingerprint density at radius 1 is 1.38 bits per heavy atom. The zero-order valence-corrected chi connectivity index (χ0v) is 8.49. The molecule has 0 heterocycles. The summed E-state index contributed by atoms with van der Waals surface area (Å²) < 4.78 is 37.0. The monoisotopic (exact) mass is 253 g/mol. The highest BCUT2D eigenvalue weighted by molar-refractivity contribution is 6.33. The molecule has 4 N–H and O–H groups in total. The van der Waals surface area contributed by atoms with Crippen molar-refractivity contribution in [2.75, 3.05) is 5.32 Å². The number of carbonyl (C=O) groups is 1. The van der Waals surface area contributed by atoms with Crippen molar-refractivity contribution in [3.05, 3.63) is 28.8 Å². The third-order valence-electron chi connectivity index (χ3n) is 1.67. The summed E-state index contributed by atoms with van der Waals surface area (Å²) in [7, 11) is 0. The lowest BCUT2D eigenvalue weighted by molar-refractivity contribution is -0.137. The van der Waals surface area contributed by atoms with Gasteiger partial charge in [-0.05, 0) is 18.2 Å². The average molecular weight is 254 g/mol. The standard InChI is InChI=1S/C8H7ClF3N3O/c9-5-2-1-4(8(10,11)12)3-6(5)14-7(16)15-13/h1-3H,13H2,(H2,14,15,16). The molecule has 0 bridgehead atoms. The highest BCUT2D eigenvalue weighted by Crippen LogP contribution is 2.33. The maximum Gasteiger partial charge on any atom is 0.416 e. The topological polar surface area (TPSA) is 67.1 Å². The van der Waals surface area contributed by atoms with Gasteiger partial charge in [-0.1, -0.05) is 11.6 Å². The molecule has 0 aliphatic carbocycles. The van der Waals surface area contributed by atoms with E-state index in [4.69, 9.17) is 17.4 Å². The summed E-state index contributed by atoms with van der Waals surface area (Å²) >= 11 is 5.60. The number of urea groups is 1. The van der Waals surface area contributed by atoms with Crippen LogP contribution in [0.1, 0.15) is 5.56 Å². The summed E-state index contributed by atoms with van der Waals surface area (Å²) in [6.45, 7) is 0. The van der Waals surface area contributed by atoms with Crippen molar-refractivity contribution in [3.8, 4) is 0 Å². The van der Waals surface area contributed by atoms with Crippen LogP contribution in [0.25, 0.3) is 0 Å². The highest BCUT2D eigenvalue weighted by Gasteiger charge is 2.31. The highest BCUT2D eigenvalue weighted by atomic mass is 35.5. The van der Waals surface area contributed by atoms with Crippen molar-refractivity contribution in [2.24, 2.45) is 5.84 Å². The Bertz CT molecular complexity index is 408. The number of carbonyl (C=O) groups excluding carboxylic acids is 1. The molecule has 0 radical (unpaired) electrons. The number of nitrogens with two attached hydrogens (primary N) is 1. The molecule has 0 spiro atoms. The van der Waals surface area contributed by atoms with Gasteiger partial charge >= 0.3 is 12.2 Å². The second-order valence-electron chi connectivity index (χ2n) is 2.79. The van der Waals surface area contributed by atoms with E-state index in [1.165, 1.54) is 0 Å². The van der Waals surface area contributed by atoms with Crippen molar-refractivity contribution >= 4 is 23.3 Å². The van der Waals surface area contributed by atoms with Gasteiger partial charge < -0.3 is 5.32 Å². The first-order chi connectivity index (χ1) is 7.34. The van der Waals surface area contributed by atoms with Crippen molar-refractivity contribution in [1.82, 2.24) is 5.43 Å². The second kappa shape index (κ2) is 4.58. The Morgan fingerprint density at radius 2 is 2.00 bits per heavy atom. The Morgan fingerprint density at radius 3 is 2.50 bits per heavy atom. The van der Waals surface area contributed by atoms with Crippen LogP contribution in [-0.4, -0.2) is 6.03 Å². The summed E-state index contributed by atoms with van der Waals surface area (Å²) in [6.07, 6.45) is -4.50. The van der Waals surface area contributed by atoms with Gasteiger partial charge in [0.1, 0.15) is 0 Å². The molecule has 1 rings (SSSR count). The summed E-state index contributed by atoms with van der Waals surface area (Å²) in [4.78, 5) is 10.8. The fraction of sp³-hybridized carbons (Fsp3) is 0.125. The minimum atomic E-state index is -4.50. The molecule has 1 aromatic rings. The summed E-state index contributed by atoms with van der Waals surface area (Å²) in [5.74, 6) is 4.77. The maximum atomic E-state index is 12.3. The minimum Gasteiger partial charge on any atom is -0.305 e. The zero-order chi connectivity index (χ0) is 12.3. The van der Waals surface area contributed by atoms with E-state index in [1.54, 1.807) is 5.43 Å². The summed E-state index contributed by atoms with van der Waals surface area (Å²) in [5, 5.41) is 2.05. The number of hydrogen-bond donors (Lipinski definition) is 3. The molecular weight excluding hydrogens is 247 g/mol. The van der Waals surface area contributed by atoms with E-state index in [1.807, 2.05) is 0 Å². The number of nitrogens with one attached hydrogen (secondary N) is 2. The number of hydrogen-bond acceptors (Lipinski definition) is 2. The first kappa shape index (κ1) is 12.6. The largest absolute Gasteiger partial charge is 0.416 e. The lowest BCUT2D eigenvalue weighted by Gasteiger charge is -2.11. The Kier molecular flexibility index (Phi) is 3.61. The summed E-state index contributed by atoms with van der Waals surface area (Å²) in [5.41, 5.74) is 0.629. The third kappa shape index (κ3) is 3.01. The van der Waals surface area contributed by atoms with Crippen LogP contribution >= 0.6 is 11.6 Å². The molecule has 0 aromatic heterocycles. The van der Waals surface area contributed by atoms with Gasteiger partial charge in [-0.15, -0.1) is 0 Å². The number of amides is 2. The van der Waals surface area contributed by atoms with Gasteiger partial charge in [0, 0.05) is 0 Å². The Hall–Kier alpha value is -1.47. The molecule has 8 heteroatoms. The van der Waals surface area contributed by atoms with Crippen molar-refractivity contribution < 1.29 is 18.0 Å². The predicted octanol–water partition coefficient (Wildman–Crippen LogP) is 2.35. The van der Waals surface area contributed by atoms with E-state index in [-0.39, 0.29) is 10.7 Å². The fourth-order valence-electron chi connectivity index (χ4n) is 0.956. The van der Waals surface area contributed by atoms with Crippen LogP contribution < -0.4 is 16.6 Å². The van der Waals surface area contributed by atoms with E-state index in [9.17, 15) is 18.0 Å². The van der Waals surface area contributed by atoms with Gasteiger partial charge in [0.25, 0.3) is 0 Å². The number of rotatable bonds is 1. The van der Waals surface area contributed by atoms with E-state index >= 15 is 0 Å². The molecule has 1 aromatic carbocycles. The van der Waals surface area contributed by atoms with E-state index in [2.05, 4.69) is 5.32 Å². The predicted molar refractivity (Wildman–Crippen MR) is 52.8 cm³/mol. The molecule has 0 aliphatic heterocycles. The summed E-state index contributed by atoms with van der Waals surface area (Å²) in [6, 6.07) is 1.71. The lowest BCUT2D eigenvalue weighted by Crippen LogP contribution is -2.34. The second-order valence-corrected chi connectivity index (χ2v) is 3.20. The number of anilines is 1.